The number of carbonyl (C=O) groups excluding carboxylic acids is 2. The molecular formula is C17H33NO4Si. The topological polar surface area (TPSA) is 55.8 Å². The number of rotatable bonds is 3. The van der Waals surface area contributed by atoms with E-state index in [9.17, 15) is 9.59 Å². The zero-order valence-corrected chi connectivity index (χ0v) is 16.9. The van der Waals surface area contributed by atoms with Gasteiger partial charge in [0.15, 0.2) is 8.32 Å². The number of amides is 1. The Bertz CT molecular complexity index is 437. The third-order valence-electron chi connectivity index (χ3n) is 4.65. The first kappa shape index (κ1) is 20.2. The number of ether oxygens (including phenoxy) is 1. The summed E-state index contributed by atoms with van der Waals surface area (Å²) in [6.45, 7) is 17.0. The molecule has 0 radical (unpaired) electrons. The van der Waals surface area contributed by atoms with Crippen LogP contribution in [0.2, 0.25) is 18.1 Å². The van der Waals surface area contributed by atoms with Crippen LogP contribution in [-0.4, -0.2) is 49.9 Å². The summed E-state index contributed by atoms with van der Waals surface area (Å²) in [7, 11) is -1.87. The van der Waals surface area contributed by atoms with Gasteiger partial charge >= 0.3 is 6.09 Å². The molecule has 1 fully saturated rings. The quantitative estimate of drug-likeness (QED) is 0.574. The molecule has 0 saturated carbocycles. The number of carbonyl (C=O) groups is 2. The molecule has 0 bridgehead atoms. The van der Waals surface area contributed by atoms with E-state index in [0.717, 1.165) is 12.7 Å². The summed E-state index contributed by atoms with van der Waals surface area (Å²) in [5, 5.41) is 0.131. The van der Waals surface area contributed by atoms with Crippen LogP contribution in [0.5, 0.6) is 0 Å². The summed E-state index contributed by atoms with van der Waals surface area (Å²) < 4.78 is 11.8. The standard InChI is InChI=1S/C17H33NO4Si/c1-16(2,3)21-15(20)18-10-9-14(11-13(18)12-19)22-23(7,8)17(4,5)6/h12-14H,9-11H2,1-8H3/t13-,14-/m1/s1. The lowest BCUT2D eigenvalue weighted by Crippen LogP contribution is -2.53. The third kappa shape index (κ3) is 5.60. The van der Waals surface area contributed by atoms with E-state index in [0.29, 0.717) is 13.0 Å². The highest BCUT2D eigenvalue weighted by Gasteiger charge is 2.42. The van der Waals surface area contributed by atoms with Crippen LogP contribution in [0.15, 0.2) is 0 Å². The first-order valence-corrected chi connectivity index (χ1v) is 11.3. The predicted molar refractivity (Wildman–Crippen MR) is 94.1 cm³/mol. The molecule has 5 nitrogen and oxygen atoms in total. The molecule has 0 aromatic heterocycles. The van der Waals surface area contributed by atoms with Crippen LogP contribution < -0.4 is 0 Å². The maximum absolute atomic E-state index is 12.2. The van der Waals surface area contributed by atoms with E-state index in [2.05, 4.69) is 33.9 Å². The lowest BCUT2D eigenvalue weighted by atomic mass is 10.0. The van der Waals surface area contributed by atoms with Crippen LogP contribution in [0.25, 0.3) is 0 Å². The molecule has 1 aliphatic rings. The molecule has 0 unspecified atom stereocenters. The summed E-state index contributed by atoms with van der Waals surface area (Å²) in [5.74, 6) is 0. The maximum atomic E-state index is 12.2. The lowest BCUT2D eigenvalue weighted by molar-refractivity contribution is -0.115. The van der Waals surface area contributed by atoms with Crippen LogP contribution >= 0.6 is 0 Å². The van der Waals surface area contributed by atoms with E-state index in [1.807, 2.05) is 20.8 Å². The Morgan fingerprint density at radius 1 is 1.17 bits per heavy atom. The number of hydrogen-bond donors (Lipinski definition) is 0. The van der Waals surface area contributed by atoms with E-state index in [4.69, 9.17) is 9.16 Å². The van der Waals surface area contributed by atoms with Crippen LogP contribution in [0, 0.1) is 0 Å². The van der Waals surface area contributed by atoms with Crippen LogP contribution in [0.1, 0.15) is 54.4 Å². The maximum Gasteiger partial charge on any atom is 0.410 e. The average Bonchev–Trinajstić information content (AvgIpc) is 2.34. The Kier molecular flexibility index (Phi) is 6.07. The van der Waals surface area contributed by atoms with Gasteiger partial charge in [-0.15, -0.1) is 0 Å². The second-order valence-electron chi connectivity index (χ2n) is 8.90. The molecule has 0 aromatic carbocycles. The highest BCUT2D eigenvalue weighted by molar-refractivity contribution is 6.74. The van der Waals surface area contributed by atoms with Gasteiger partial charge in [-0.25, -0.2) is 4.79 Å². The summed E-state index contributed by atoms with van der Waals surface area (Å²) in [6, 6.07) is -0.464. The number of piperidine rings is 1. The minimum absolute atomic E-state index is 0.0322. The first-order chi connectivity index (χ1) is 10.3. The molecule has 1 heterocycles. The molecule has 23 heavy (non-hydrogen) atoms. The van der Waals surface area contributed by atoms with Crippen LogP contribution in [0.4, 0.5) is 4.79 Å². The Morgan fingerprint density at radius 2 is 1.74 bits per heavy atom. The number of aldehydes is 1. The number of hydrogen-bond acceptors (Lipinski definition) is 4. The van der Waals surface area contributed by atoms with Crippen molar-refractivity contribution in [1.29, 1.82) is 0 Å². The molecule has 1 amide bonds. The summed E-state index contributed by atoms with van der Waals surface area (Å²) in [5.41, 5.74) is -0.557. The molecule has 1 saturated heterocycles. The Hall–Kier alpha value is -0.883. The Balaban J connectivity index is 2.73. The molecule has 0 spiro atoms. The van der Waals surface area contributed by atoms with Gasteiger partial charge in [0.05, 0.1) is 6.04 Å². The Morgan fingerprint density at radius 3 is 2.17 bits per heavy atom. The molecule has 6 heteroatoms. The van der Waals surface area contributed by atoms with Crippen molar-refractivity contribution >= 4 is 20.7 Å². The van der Waals surface area contributed by atoms with Gasteiger partial charge < -0.3 is 14.0 Å². The van der Waals surface area contributed by atoms with Crippen molar-refractivity contribution < 1.29 is 18.8 Å². The minimum atomic E-state index is -1.87. The van der Waals surface area contributed by atoms with E-state index < -0.39 is 26.1 Å². The molecule has 134 valence electrons. The molecular weight excluding hydrogens is 310 g/mol. The van der Waals surface area contributed by atoms with Crippen LogP contribution in [-0.2, 0) is 14.0 Å². The van der Waals surface area contributed by atoms with E-state index >= 15 is 0 Å². The molecule has 2 atom stereocenters. The van der Waals surface area contributed by atoms with E-state index in [-0.39, 0.29) is 11.1 Å². The number of likely N-dealkylation sites (tertiary alicyclic amines) is 1. The zero-order valence-electron chi connectivity index (χ0n) is 15.9. The van der Waals surface area contributed by atoms with Crippen molar-refractivity contribution in [3.8, 4) is 0 Å². The fraction of sp³-hybridized carbons (Fsp3) is 0.882. The minimum Gasteiger partial charge on any atom is -0.444 e. The predicted octanol–water partition coefficient (Wildman–Crippen LogP) is 3.98. The van der Waals surface area contributed by atoms with E-state index in [1.165, 1.54) is 4.90 Å². The van der Waals surface area contributed by atoms with Crippen LogP contribution in [0.3, 0.4) is 0 Å². The fourth-order valence-corrected chi connectivity index (χ4v) is 3.74. The van der Waals surface area contributed by atoms with Crippen molar-refractivity contribution in [2.24, 2.45) is 0 Å². The normalized spacial score (nSPS) is 23.6. The van der Waals surface area contributed by atoms with Crippen molar-refractivity contribution in [3.05, 3.63) is 0 Å². The zero-order chi connectivity index (χ0) is 18.1. The van der Waals surface area contributed by atoms with Gasteiger partial charge in [0.1, 0.15) is 11.9 Å². The summed E-state index contributed by atoms with van der Waals surface area (Å²) in [6.07, 6.45) is 1.75. The first-order valence-electron chi connectivity index (χ1n) is 8.39. The number of nitrogens with zero attached hydrogens (tertiary/aromatic N) is 1. The third-order valence-corrected chi connectivity index (χ3v) is 9.18. The van der Waals surface area contributed by atoms with Gasteiger partial charge in [-0.1, -0.05) is 20.8 Å². The van der Waals surface area contributed by atoms with Crippen molar-refractivity contribution in [3.63, 3.8) is 0 Å². The Labute approximate surface area is 141 Å². The van der Waals surface area contributed by atoms with Gasteiger partial charge in [0, 0.05) is 12.6 Å². The lowest BCUT2D eigenvalue weighted by Gasteiger charge is -2.43. The van der Waals surface area contributed by atoms with Crippen molar-refractivity contribution in [2.75, 3.05) is 6.54 Å². The van der Waals surface area contributed by atoms with Gasteiger partial charge in [-0.2, -0.15) is 0 Å². The second-order valence-corrected chi connectivity index (χ2v) is 13.7. The molecule has 0 aliphatic carbocycles. The van der Waals surface area contributed by atoms with Crippen molar-refractivity contribution in [2.45, 2.75) is 90.3 Å². The largest absolute Gasteiger partial charge is 0.444 e. The van der Waals surface area contributed by atoms with Gasteiger partial charge in [0.2, 0.25) is 0 Å². The monoisotopic (exact) mass is 343 g/mol. The van der Waals surface area contributed by atoms with Gasteiger partial charge in [0.25, 0.3) is 0 Å². The smallest absolute Gasteiger partial charge is 0.410 e. The van der Waals surface area contributed by atoms with Gasteiger partial charge in [-0.05, 0) is 51.7 Å². The summed E-state index contributed by atoms with van der Waals surface area (Å²) >= 11 is 0. The fourth-order valence-electron chi connectivity index (χ4n) is 2.34. The highest BCUT2D eigenvalue weighted by atomic mass is 28.4. The molecule has 1 aliphatic heterocycles. The van der Waals surface area contributed by atoms with E-state index in [1.54, 1.807) is 0 Å². The SMILES string of the molecule is CC(C)(C)OC(=O)N1CC[C@@H](O[Si](C)(C)C(C)(C)C)C[C@@H]1C=O. The highest BCUT2D eigenvalue weighted by Crippen LogP contribution is 2.38. The van der Waals surface area contributed by atoms with Gasteiger partial charge in [-0.3, -0.25) is 4.90 Å². The molecule has 0 N–H and O–H groups in total. The molecule has 1 rings (SSSR count). The average molecular weight is 344 g/mol. The summed E-state index contributed by atoms with van der Waals surface area (Å²) in [4.78, 5) is 25.2. The molecule has 0 aromatic rings. The second kappa shape index (κ2) is 6.93. The van der Waals surface area contributed by atoms with Crippen molar-refractivity contribution in [1.82, 2.24) is 4.90 Å².